The van der Waals surface area contributed by atoms with E-state index in [0.29, 0.717) is 11.6 Å². The minimum absolute atomic E-state index is 0.00856. The summed E-state index contributed by atoms with van der Waals surface area (Å²) in [5.41, 5.74) is 0.476. The van der Waals surface area contributed by atoms with E-state index in [0.717, 1.165) is 4.88 Å². The average molecular weight is 308 g/mol. The lowest BCUT2D eigenvalue weighted by Crippen LogP contribution is -2.44. The predicted octanol–water partition coefficient (Wildman–Crippen LogP) is 2.17. The summed E-state index contributed by atoms with van der Waals surface area (Å²) in [6.45, 7) is 3.48. The lowest BCUT2D eigenvalue weighted by Gasteiger charge is -2.17. The maximum absolute atomic E-state index is 11.9. The van der Waals surface area contributed by atoms with Crippen molar-refractivity contribution in [2.75, 3.05) is 0 Å². The highest BCUT2D eigenvalue weighted by atomic mass is 32.1. The number of carboxylic acid groups (broad SMARTS) is 1. The number of rotatable bonds is 6. The van der Waals surface area contributed by atoms with Crippen molar-refractivity contribution in [3.05, 3.63) is 29.5 Å². The number of nitrogens with one attached hydrogen (secondary N) is 1. The Labute approximate surface area is 125 Å². The predicted molar refractivity (Wildman–Crippen MR) is 77.9 cm³/mol. The van der Waals surface area contributed by atoms with Gasteiger partial charge in [-0.3, -0.25) is 4.79 Å². The molecule has 2 aromatic heterocycles. The van der Waals surface area contributed by atoms with Crippen molar-refractivity contribution < 1.29 is 19.1 Å². The van der Waals surface area contributed by atoms with Crippen LogP contribution < -0.4 is 5.32 Å². The fraction of sp³-hybridized carbons (Fsp3) is 0.357. The van der Waals surface area contributed by atoms with Gasteiger partial charge in [-0.25, -0.2) is 9.78 Å². The molecule has 2 heterocycles. The van der Waals surface area contributed by atoms with Gasteiger partial charge in [0.15, 0.2) is 0 Å². The van der Waals surface area contributed by atoms with E-state index in [1.807, 2.05) is 17.5 Å². The van der Waals surface area contributed by atoms with E-state index < -0.39 is 12.0 Å². The molecule has 0 aliphatic carbocycles. The standard InChI is InChI=1S/C14H16N2O4S/c1-8(2)12(14(18)19)16-11(17)6-9-7-20-13(15-9)10-4-3-5-21-10/h3-5,7-8,12H,6H2,1-2H3,(H,16,17)(H,18,19)/t12-/m1/s1. The summed E-state index contributed by atoms with van der Waals surface area (Å²) in [6.07, 6.45) is 1.41. The molecule has 0 fully saturated rings. The Hall–Kier alpha value is -2.15. The molecule has 2 N–H and O–H groups in total. The van der Waals surface area contributed by atoms with E-state index in [1.54, 1.807) is 13.8 Å². The molecule has 0 aliphatic heterocycles. The maximum atomic E-state index is 11.9. The van der Waals surface area contributed by atoms with Gasteiger partial charge in [0.1, 0.15) is 12.3 Å². The van der Waals surface area contributed by atoms with E-state index in [1.165, 1.54) is 17.6 Å². The lowest BCUT2D eigenvalue weighted by molar-refractivity contribution is -0.143. The molecule has 0 spiro atoms. The van der Waals surface area contributed by atoms with Crippen molar-refractivity contribution in [2.45, 2.75) is 26.3 Å². The third kappa shape index (κ3) is 3.91. The zero-order chi connectivity index (χ0) is 15.4. The molecule has 2 aromatic rings. The third-order valence-corrected chi connectivity index (χ3v) is 3.73. The van der Waals surface area contributed by atoms with Gasteiger partial charge in [-0.1, -0.05) is 19.9 Å². The van der Waals surface area contributed by atoms with Crippen molar-refractivity contribution in [2.24, 2.45) is 5.92 Å². The van der Waals surface area contributed by atoms with Gasteiger partial charge in [0, 0.05) is 0 Å². The fourth-order valence-electron chi connectivity index (χ4n) is 1.80. The van der Waals surface area contributed by atoms with Crippen LogP contribution in [-0.2, 0) is 16.0 Å². The molecule has 0 saturated heterocycles. The molecule has 112 valence electrons. The SMILES string of the molecule is CC(C)[C@@H](NC(=O)Cc1coc(-c2cccs2)n1)C(=O)O. The van der Waals surface area contributed by atoms with E-state index >= 15 is 0 Å². The number of carboxylic acids is 1. The smallest absolute Gasteiger partial charge is 0.326 e. The van der Waals surface area contributed by atoms with Gasteiger partial charge in [0.25, 0.3) is 0 Å². The lowest BCUT2D eigenvalue weighted by atomic mass is 10.0. The molecule has 0 aliphatic rings. The molecular weight excluding hydrogens is 292 g/mol. The first-order valence-electron chi connectivity index (χ1n) is 6.48. The van der Waals surface area contributed by atoms with Gasteiger partial charge in [-0.15, -0.1) is 11.3 Å². The third-order valence-electron chi connectivity index (χ3n) is 2.87. The molecule has 0 radical (unpaired) electrons. The molecule has 21 heavy (non-hydrogen) atoms. The molecule has 0 aromatic carbocycles. The van der Waals surface area contributed by atoms with Gasteiger partial charge in [0.2, 0.25) is 11.8 Å². The van der Waals surface area contributed by atoms with Crippen LogP contribution in [0.3, 0.4) is 0 Å². The molecule has 2 rings (SSSR count). The quantitative estimate of drug-likeness (QED) is 0.853. The number of oxazole rings is 1. The Bertz CT molecular complexity index is 619. The molecule has 0 bridgehead atoms. The number of hydrogen-bond acceptors (Lipinski definition) is 5. The van der Waals surface area contributed by atoms with Crippen molar-refractivity contribution >= 4 is 23.2 Å². The minimum Gasteiger partial charge on any atom is -0.480 e. The molecular formula is C14H16N2O4S. The molecule has 0 saturated carbocycles. The number of thiophene rings is 1. The summed E-state index contributed by atoms with van der Waals surface area (Å²) in [5, 5.41) is 13.4. The van der Waals surface area contributed by atoms with Crippen LogP contribution in [0, 0.1) is 5.92 Å². The summed E-state index contributed by atoms with van der Waals surface area (Å²) in [7, 11) is 0. The van der Waals surface area contributed by atoms with E-state index in [2.05, 4.69) is 10.3 Å². The molecule has 1 atom stereocenters. The van der Waals surface area contributed by atoms with Crippen LogP contribution in [0.1, 0.15) is 19.5 Å². The van der Waals surface area contributed by atoms with Crippen LogP contribution in [0.4, 0.5) is 0 Å². The summed E-state index contributed by atoms with van der Waals surface area (Å²) in [6, 6.07) is 2.86. The summed E-state index contributed by atoms with van der Waals surface area (Å²) < 4.78 is 5.31. The fourth-order valence-corrected chi connectivity index (χ4v) is 2.46. The second-order valence-corrected chi connectivity index (χ2v) is 5.87. The van der Waals surface area contributed by atoms with Gasteiger partial charge < -0.3 is 14.8 Å². The highest BCUT2D eigenvalue weighted by Crippen LogP contribution is 2.23. The number of carbonyl (C=O) groups excluding carboxylic acids is 1. The van der Waals surface area contributed by atoms with Crippen LogP contribution in [0.25, 0.3) is 10.8 Å². The normalized spacial score (nSPS) is 12.3. The van der Waals surface area contributed by atoms with Crippen LogP contribution >= 0.6 is 11.3 Å². The number of aliphatic carboxylic acids is 1. The minimum atomic E-state index is -1.04. The number of nitrogens with zero attached hydrogens (tertiary/aromatic N) is 1. The Balaban J connectivity index is 1.98. The Kier molecular flexibility index (Phi) is 4.74. The van der Waals surface area contributed by atoms with Gasteiger partial charge in [-0.2, -0.15) is 0 Å². The van der Waals surface area contributed by atoms with Crippen LogP contribution in [0.5, 0.6) is 0 Å². The van der Waals surface area contributed by atoms with Crippen molar-refractivity contribution in [3.8, 4) is 10.8 Å². The van der Waals surface area contributed by atoms with E-state index in [-0.39, 0.29) is 18.2 Å². The Morgan fingerprint density at radius 1 is 1.48 bits per heavy atom. The van der Waals surface area contributed by atoms with E-state index in [9.17, 15) is 9.59 Å². The first-order chi connectivity index (χ1) is 9.97. The number of hydrogen-bond donors (Lipinski definition) is 2. The molecule has 1 amide bonds. The molecule has 6 nitrogen and oxygen atoms in total. The number of aromatic nitrogens is 1. The highest BCUT2D eigenvalue weighted by Gasteiger charge is 2.23. The first kappa shape index (κ1) is 15.2. The Morgan fingerprint density at radius 3 is 2.81 bits per heavy atom. The van der Waals surface area contributed by atoms with E-state index in [4.69, 9.17) is 9.52 Å². The second kappa shape index (κ2) is 6.53. The number of carbonyl (C=O) groups is 2. The van der Waals surface area contributed by atoms with Crippen molar-refractivity contribution in [3.63, 3.8) is 0 Å². The average Bonchev–Trinajstić information content (AvgIpc) is 3.05. The first-order valence-corrected chi connectivity index (χ1v) is 7.35. The van der Waals surface area contributed by atoms with Crippen molar-refractivity contribution in [1.29, 1.82) is 0 Å². The van der Waals surface area contributed by atoms with Gasteiger partial charge >= 0.3 is 5.97 Å². The zero-order valence-corrected chi connectivity index (χ0v) is 12.5. The van der Waals surface area contributed by atoms with Crippen LogP contribution in [-0.4, -0.2) is 28.0 Å². The number of amides is 1. The van der Waals surface area contributed by atoms with Crippen LogP contribution in [0.2, 0.25) is 0 Å². The summed E-state index contributed by atoms with van der Waals surface area (Å²) in [5.74, 6) is -1.16. The molecule has 0 unspecified atom stereocenters. The second-order valence-electron chi connectivity index (χ2n) is 4.93. The summed E-state index contributed by atoms with van der Waals surface area (Å²) in [4.78, 5) is 28.0. The highest BCUT2D eigenvalue weighted by molar-refractivity contribution is 7.13. The topological polar surface area (TPSA) is 92.4 Å². The zero-order valence-electron chi connectivity index (χ0n) is 11.7. The monoisotopic (exact) mass is 308 g/mol. The van der Waals surface area contributed by atoms with Gasteiger partial charge in [-0.05, 0) is 17.4 Å². The largest absolute Gasteiger partial charge is 0.480 e. The van der Waals surface area contributed by atoms with Crippen LogP contribution in [0.15, 0.2) is 28.2 Å². The molecule has 7 heteroatoms. The van der Waals surface area contributed by atoms with Crippen molar-refractivity contribution in [1.82, 2.24) is 10.3 Å². The summed E-state index contributed by atoms with van der Waals surface area (Å²) >= 11 is 1.49. The maximum Gasteiger partial charge on any atom is 0.326 e. The van der Waals surface area contributed by atoms with Gasteiger partial charge in [0.05, 0.1) is 17.0 Å². The Morgan fingerprint density at radius 2 is 2.24 bits per heavy atom.